The van der Waals surface area contributed by atoms with Crippen molar-refractivity contribution in [2.24, 2.45) is 5.92 Å². The van der Waals surface area contributed by atoms with Crippen LogP contribution in [0.3, 0.4) is 0 Å². The lowest BCUT2D eigenvalue weighted by molar-refractivity contribution is -0.189. The lowest BCUT2D eigenvalue weighted by Crippen LogP contribution is -2.25. The Labute approximate surface area is 264 Å². The van der Waals surface area contributed by atoms with Crippen molar-refractivity contribution in [3.63, 3.8) is 0 Å². The Morgan fingerprint density at radius 1 is 0.702 bits per heavy atom. The second-order valence-corrected chi connectivity index (χ2v) is 11.6. The molecular formula is C36H28F10O. The van der Waals surface area contributed by atoms with Gasteiger partial charge in [0.15, 0.2) is 0 Å². The van der Waals surface area contributed by atoms with Crippen LogP contribution in [0.5, 0.6) is 5.75 Å². The minimum Gasteiger partial charge on any atom is -0.429 e. The van der Waals surface area contributed by atoms with Gasteiger partial charge in [-0.3, -0.25) is 0 Å². The first kappa shape index (κ1) is 34.1. The molecule has 0 spiro atoms. The molecule has 1 saturated carbocycles. The Balaban J connectivity index is 1.32. The second-order valence-electron chi connectivity index (χ2n) is 11.6. The minimum absolute atomic E-state index is 0.116. The van der Waals surface area contributed by atoms with Gasteiger partial charge in [0, 0.05) is 17.2 Å². The average molecular weight is 667 g/mol. The quantitative estimate of drug-likeness (QED) is 0.121. The molecule has 0 amide bonds. The van der Waals surface area contributed by atoms with E-state index in [1.165, 1.54) is 0 Å². The summed E-state index contributed by atoms with van der Waals surface area (Å²) >= 11 is 0. The highest BCUT2D eigenvalue weighted by atomic mass is 19.3. The molecule has 1 fully saturated rings. The van der Waals surface area contributed by atoms with Gasteiger partial charge in [-0.2, -0.15) is 8.78 Å². The number of benzene rings is 4. The van der Waals surface area contributed by atoms with E-state index in [1.807, 2.05) is 6.08 Å². The molecule has 0 bridgehead atoms. The van der Waals surface area contributed by atoms with Crippen molar-refractivity contribution < 1.29 is 48.6 Å². The number of hydrogen-bond acceptors (Lipinski definition) is 1. The van der Waals surface area contributed by atoms with Crippen LogP contribution in [0.1, 0.15) is 67.6 Å². The van der Waals surface area contributed by atoms with Crippen LogP contribution in [-0.4, -0.2) is 0 Å². The highest BCUT2D eigenvalue weighted by Gasteiger charge is 2.42. The highest BCUT2D eigenvalue weighted by molar-refractivity contribution is 5.72. The Morgan fingerprint density at radius 2 is 1.26 bits per heavy atom. The summed E-state index contributed by atoms with van der Waals surface area (Å²) in [5.41, 5.74) is -3.99. The molecule has 4 aromatic carbocycles. The van der Waals surface area contributed by atoms with Crippen LogP contribution in [0.25, 0.3) is 22.3 Å². The van der Waals surface area contributed by atoms with Gasteiger partial charge in [0.1, 0.15) is 46.2 Å². The third-order valence-corrected chi connectivity index (χ3v) is 8.53. The zero-order valence-electron chi connectivity index (χ0n) is 24.7. The molecular weight excluding hydrogens is 638 g/mol. The lowest BCUT2D eigenvalue weighted by Gasteiger charge is -2.29. The van der Waals surface area contributed by atoms with Gasteiger partial charge < -0.3 is 4.74 Å². The van der Waals surface area contributed by atoms with E-state index < -0.39 is 64.3 Å². The number of hydrogen-bond donors (Lipinski definition) is 0. The third-order valence-electron chi connectivity index (χ3n) is 8.53. The summed E-state index contributed by atoms with van der Waals surface area (Å²) < 4.78 is 148. The molecule has 4 aromatic rings. The molecule has 248 valence electrons. The van der Waals surface area contributed by atoms with E-state index in [9.17, 15) is 30.7 Å². The Hall–Kier alpha value is -4.28. The molecule has 0 N–H and O–H groups in total. The van der Waals surface area contributed by atoms with Crippen molar-refractivity contribution in [3.05, 3.63) is 125 Å². The van der Waals surface area contributed by atoms with Crippen LogP contribution in [0.15, 0.2) is 73.3 Å². The summed E-state index contributed by atoms with van der Waals surface area (Å²) in [4.78, 5) is 0. The predicted octanol–water partition coefficient (Wildman–Crippen LogP) is 12.2. The predicted molar refractivity (Wildman–Crippen MR) is 157 cm³/mol. The Kier molecular flexibility index (Phi) is 10.0. The van der Waals surface area contributed by atoms with Crippen LogP contribution in [0.4, 0.5) is 43.9 Å². The number of ether oxygens (including phenoxy) is 1. The number of allylic oxidation sites excluding steroid dienone is 1. The van der Waals surface area contributed by atoms with Gasteiger partial charge in [0.25, 0.3) is 6.43 Å². The number of rotatable bonds is 10. The molecule has 0 saturated heterocycles. The maximum Gasteiger partial charge on any atom is 0.432 e. The fraction of sp³-hybridized carbons (Fsp3) is 0.278. The molecule has 0 aliphatic heterocycles. The second kappa shape index (κ2) is 13.8. The van der Waals surface area contributed by atoms with Crippen LogP contribution < -0.4 is 4.74 Å². The van der Waals surface area contributed by atoms with Gasteiger partial charge >= 0.3 is 6.11 Å². The third kappa shape index (κ3) is 7.34. The molecule has 5 rings (SSSR count). The fourth-order valence-electron chi connectivity index (χ4n) is 6.10. The van der Waals surface area contributed by atoms with E-state index in [1.54, 1.807) is 0 Å². The first-order chi connectivity index (χ1) is 22.3. The summed E-state index contributed by atoms with van der Waals surface area (Å²) in [5.74, 6) is -8.91. The molecule has 0 aromatic heterocycles. The zero-order valence-corrected chi connectivity index (χ0v) is 24.7. The van der Waals surface area contributed by atoms with Crippen molar-refractivity contribution in [1.29, 1.82) is 0 Å². The van der Waals surface area contributed by atoms with E-state index in [2.05, 4.69) is 11.3 Å². The van der Waals surface area contributed by atoms with E-state index in [0.29, 0.717) is 37.0 Å². The Bertz CT molecular complexity index is 1730. The summed E-state index contributed by atoms with van der Waals surface area (Å²) in [6, 6.07) is 8.18. The van der Waals surface area contributed by atoms with Gasteiger partial charge in [0.05, 0.1) is 5.56 Å². The smallest absolute Gasteiger partial charge is 0.429 e. The van der Waals surface area contributed by atoms with Gasteiger partial charge in [0.2, 0.25) is 0 Å². The van der Waals surface area contributed by atoms with Crippen LogP contribution in [0.2, 0.25) is 0 Å². The maximum absolute atomic E-state index is 15.1. The maximum atomic E-state index is 15.1. The molecule has 0 atom stereocenters. The van der Waals surface area contributed by atoms with Gasteiger partial charge in [-0.1, -0.05) is 18.2 Å². The van der Waals surface area contributed by atoms with Crippen LogP contribution in [-0.2, 0) is 6.11 Å². The highest BCUT2D eigenvalue weighted by Crippen LogP contribution is 2.42. The molecule has 1 aliphatic rings. The van der Waals surface area contributed by atoms with Gasteiger partial charge in [-0.05, 0) is 110 Å². The molecule has 11 heteroatoms. The molecule has 47 heavy (non-hydrogen) atoms. The van der Waals surface area contributed by atoms with E-state index >= 15 is 13.2 Å². The molecule has 1 nitrogen and oxygen atoms in total. The standard InChI is InChI=1S/C36H28F10O/c1-2-3-4-19-5-7-20(8-6-19)22-14-31(41)34(32(42)15-22)36(45,46)47-24-10-12-25(28(38)18-24)21-9-11-26(27(37)13-21)23-16-29(39)33(35(43)44)30(40)17-23/h2,9-20,35H,1,3-8H2. The molecule has 0 heterocycles. The Morgan fingerprint density at radius 3 is 1.81 bits per heavy atom. The minimum atomic E-state index is -4.53. The zero-order chi connectivity index (χ0) is 34.0. The van der Waals surface area contributed by atoms with E-state index in [-0.39, 0.29) is 33.7 Å². The van der Waals surface area contributed by atoms with Crippen molar-refractivity contribution in [2.75, 3.05) is 0 Å². The molecule has 0 radical (unpaired) electrons. The molecule has 1 aliphatic carbocycles. The topological polar surface area (TPSA) is 9.23 Å². The summed E-state index contributed by atoms with van der Waals surface area (Å²) in [6.07, 6.45) is -1.26. The monoisotopic (exact) mass is 666 g/mol. The van der Waals surface area contributed by atoms with Crippen molar-refractivity contribution in [2.45, 2.75) is 57.0 Å². The number of alkyl halides is 4. The largest absolute Gasteiger partial charge is 0.432 e. The summed E-state index contributed by atoms with van der Waals surface area (Å²) in [6.45, 7) is 3.71. The first-order valence-electron chi connectivity index (χ1n) is 14.8. The van der Waals surface area contributed by atoms with E-state index in [4.69, 9.17) is 0 Å². The normalized spacial score (nSPS) is 16.8. The number of halogens is 10. The van der Waals surface area contributed by atoms with Crippen molar-refractivity contribution in [3.8, 4) is 28.0 Å². The molecule has 0 unspecified atom stereocenters. The van der Waals surface area contributed by atoms with Crippen molar-refractivity contribution in [1.82, 2.24) is 0 Å². The summed E-state index contributed by atoms with van der Waals surface area (Å²) in [5, 5.41) is 0. The lowest BCUT2D eigenvalue weighted by atomic mass is 9.77. The van der Waals surface area contributed by atoms with Crippen LogP contribution >= 0.6 is 0 Å². The van der Waals surface area contributed by atoms with Gasteiger partial charge in [-0.15, -0.1) is 6.58 Å². The average Bonchev–Trinajstić information content (AvgIpc) is 2.99. The van der Waals surface area contributed by atoms with Crippen molar-refractivity contribution >= 4 is 0 Å². The first-order valence-corrected chi connectivity index (χ1v) is 14.8. The SMILES string of the molecule is C=CCCC1CCC(c2cc(F)c(C(F)(F)Oc3ccc(-c4ccc(-c5cc(F)c(C(F)F)c(F)c5)c(F)c4)c(F)c3)c(F)c2)CC1. The van der Waals surface area contributed by atoms with E-state index in [0.717, 1.165) is 68.1 Å². The fourth-order valence-corrected chi connectivity index (χ4v) is 6.10. The van der Waals surface area contributed by atoms with Gasteiger partial charge in [-0.25, -0.2) is 35.1 Å². The van der Waals surface area contributed by atoms with Crippen LogP contribution in [0, 0.1) is 40.8 Å². The summed E-state index contributed by atoms with van der Waals surface area (Å²) in [7, 11) is 0.